The van der Waals surface area contributed by atoms with Crippen molar-refractivity contribution < 1.29 is 9.53 Å². The van der Waals surface area contributed by atoms with Gasteiger partial charge >= 0.3 is 6.09 Å². The van der Waals surface area contributed by atoms with Gasteiger partial charge in [0.1, 0.15) is 0 Å². The van der Waals surface area contributed by atoms with Gasteiger partial charge in [0.15, 0.2) is 0 Å². The van der Waals surface area contributed by atoms with E-state index in [0.29, 0.717) is 34.3 Å². The van der Waals surface area contributed by atoms with Gasteiger partial charge in [-0.3, -0.25) is 5.32 Å². The normalized spacial score (nSPS) is 21.4. The third-order valence-corrected chi connectivity index (χ3v) is 5.41. The Hall–Kier alpha value is -0.970. The minimum absolute atomic E-state index is 0.404. The Bertz CT molecular complexity index is 552. The molecule has 1 aliphatic rings. The highest BCUT2D eigenvalue weighted by molar-refractivity contribution is 6.42. The molecule has 0 bridgehead atoms. The van der Waals surface area contributed by atoms with Gasteiger partial charge in [-0.25, -0.2) is 4.79 Å². The van der Waals surface area contributed by atoms with Crippen LogP contribution in [-0.2, 0) is 4.74 Å². The number of carbonyl (C=O) groups is 1. The minimum atomic E-state index is -0.455. The maximum Gasteiger partial charge on any atom is 0.411 e. The van der Waals surface area contributed by atoms with Crippen LogP contribution in [0.15, 0.2) is 18.2 Å². The number of amides is 1. The van der Waals surface area contributed by atoms with E-state index in [-0.39, 0.29) is 0 Å². The zero-order valence-corrected chi connectivity index (χ0v) is 15.9. The molecule has 2 rings (SSSR count). The van der Waals surface area contributed by atoms with Crippen molar-refractivity contribution in [2.45, 2.75) is 44.6 Å². The van der Waals surface area contributed by atoms with Gasteiger partial charge in [0.05, 0.1) is 16.7 Å². The topological polar surface area (TPSA) is 41.6 Å². The fourth-order valence-corrected chi connectivity index (χ4v) is 3.71. The molecule has 2 atom stereocenters. The van der Waals surface area contributed by atoms with Gasteiger partial charge in [-0.05, 0) is 57.5 Å². The molecule has 2 unspecified atom stereocenters. The lowest BCUT2D eigenvalue weighted by molar-refractivity contribution is 0.130. The van der Waals surface area contributed by atoms with Crippen LogP contribution in [0.3, 0.4) is 0 Å². The minimum Gasteiger partial charge on any atom is -0.449 e. The number of ether oxygens (including phenoxy) is 1. The average Bonchev–Trinajstić information content (AvgIpc) is 2.76. The Balaban J connectivity index is 1.79. The lowest BCUT2D eigenvalue weighted by Gasteiger charge is -2.30. The fourth-order valence-electron chi connectivity index (χ4n) is 3.41. The second-order valence-corrected chi connectivity index (χ2v) is 7.42. The molecule has 24 heavy (non-hydrogen) atoms. The van der Waals surface area contributed by atoms with Crippen molar-refractivity contribution in [3.8, 4) is 0 Å². The van der Waals surface area contributed by atoms with E-state index in [1.807, 2.05) is 0 Å². The first-order chi connectivity index (χ1) is 11.5. The predicted molar refractivity (Wildman–Crippen MR) is 100 cm³/mol. The highest BCUT2D eigenvalue weighted by Gasteiger charge is 2.25. The molecule has 1 saturated carbocycles. The van der Waals surface area contributed by atoms with Gasteiger partial charge in [0.25, 0.3) is 0 Å². The molecule has 0 aliphatic heterocycles. The van der Waals surface area contributed by atoms with E-state index in [0.717, 1.165) is 6.42 Å². The van der Waals surface area contributed by atoms with Crippen molar-refractivity contribution in [2.24, 2.45) is 5.92 Å². The average molecular weight is 373 g/mol. The lowest BCUT2D eigenvalue weighted by atomic mass is 9.91. The van der Waals surface area contributed by atoms with Gasteiger partial charge < -0.3 is 9.64 Å². The highest BCUT2D eigenvalue weighted by Crippen LogP contribution is 2.29. The lowest BCUT2D eigenvalue weighted by Crippen LogP contribution is -2.35. The number of rotatable bonds is 5. The summed E-state index contributed by atoms with van der Waals surface area (Å²) in [5.41, 5.74) is 0.579. The molecule has 0 aromatic heterocycles. The van der Waals surface area contributed by atoms with Gasteiger partial charge in [-0.15, -0.1) is 0 Å². The van der Waals surface area contributed by atoms with Crippen molar-refractivity contribution in [3.63, 3.8) is 0 Å². The molecule has 1 amide bonds. The maximum atomic E-state index is 11.9. The van der Waals surface area contributed by atoms with Crippen LogP contribution in [-0.4, -0.2) is 37.7 Å². The van der Waals surface area contributed by atoms with Crippen molar-refractivity contribution in [2.75, 3.05) is 26.0 Å². The first-order valence-electron chi connectivity index (χ1n) is 8.52. The molecule has 0 spiro atoms. The predicted octanol–water partition coefficient (Wildman–Crippen LogP) is 5.44. The van der Waals surface area contributed by atoms with Gasteiger partial charge in [-0.2, -0.15) is 0 Å². The zero-order valence-electron chi connectivity index (χ0n) is 14.4. The number of hydrogen-bond donors (Lipinski definition) is 1. The first kappa shape index (κ1) is 19.4. The molecule has 6 heteroatoms. The molecular weight excluding hydrogens is 347 g/mol. The van der Waals surface area contributed by atoms with E-state index in [2.05, 4.69) is 24.3 Å². The van der Waals surface area contributed by atoms with Gasteiger partial charge in [0, 0.05) is 11.7 Å². The number of benzene rings is 1. The Labute approximate surface area is 154 Å². The van der Waals surface area contributed by atoms with Gasteiger partial charge in [0.2, 0.25) is 0 Å². The summed E-state index contributed by atoms with van der Waals surface area (Å²) in [7, 11) is 4.28. The zero-order chi connectivity index (χ0) is 17.5. The summed E-state index contributed by atoms with van der Waals surface area (Å²) in [6.07, 6.45) is 6.75. The fraction of sp³-hybridized carbons (Fsp3) is 0.611. The van der Waals surface area contributed by atoms with Crippen molar-refractivity contribution in [1.82, 2.24) is 4.90 Å². The van der Waals surface area contributed by atoms with Crippen LogP contribution in [0.25, 0.3) is 0 Å². The van der Waals surface area contributed by atoms with E-state index in [1.54, 1.807) is 18.2 Å². The number of anilines is 1. The summed E-state index contributed by atoms with van der Waals surface area (Å²) >= 11 is 11.8. The summed E-state index contributed by atoms with van der Waals surface area (Å²) in [6.45, 7) is 0.433. The molecule has 134 valence electrons. The molecule has 1 aromatic rings. The molecule has 4 nitrogen and oxygen atoms in total. The number of nitrogens with one attached hydrogen (secondary N) is 1. The number of carbonyl (C=O) groups excluding carboxylic acids is 1. The highest BCUT2D eigenvalue weighted by atomic mass is 35.5. The molecule has 1 aliphatic carbocycles. The van der Waals surface area contributed by atoms with Crippen molar-refractivity contribution in [1.29, 1.82) is 0 Å². The maximum absolute atomic E-state index is 11.9. The Kier molecular flexibility index (Phi) is 7.66. The Morgan fingerprint density at radius 3 is 2.67 bits per heavy atom. The second kappa shape index (κ2) is 9.50. The summed E-state index contributed by atoms with van der Waals surface area (Å²) in [5, 5.41) is 3.54. The van der Waals surface area contributed by atoms with E-state index in [4.69, 9.17) is 27.9 Å². The molecule has 0 saturated heterocycles. The van der Waals surface area contributed by atoms with Crippen molar-refractivity contribution in [3.05, 3.63) is 28.2 Å². The van der Waals surface area contributed by atoms with Crippen LogP contribution < -0.4 is 5.32 Å². The van der Waals surface area contributed by atoms with E-state index in [9.17, 15) is 4.79 Å². The SMILES string of the molecule is CN(C)C1CCCCCC1CCOC(=O)Nc1ccc(Cl)c(Cl)c1. The first-order valence-corrected chi connectivity index (χ1v) is 9.28. The molecule has 0 radical (unpaired) electrons. The Morgan fingerprint density at radius 2 is 1.96 bits per heavy atom. The summed E-state index contributed by atoms with van der Waals surface area (Å²) in [4.78, 5) is 14.2. The molecule has 0 heterocycles. The number of hydrogen-bond acceptors (Lipinski definition) is 3. The van der Waals surface area contributed by atoms with Crippen LogP contribution >= 0.6 is 23.2 Å². The standard InChI is InChI=1S/C18H26Cl2N2O2/c1-22(2)17-7-5-3-4-6-13(17)10-11-24-18(23)21-14-8-9-15(19)16(20)12-14/h8-9,12-13,17H,3-7,10-11H2,1-2H3,(H,21,23). The summed E-state index contributed by atoms with van der Waals surface area (Å²) < 4.78 is 5.34. The van der Waals surface area contributed by atoms with E-state index >= 15 is 0 Å². The van der Waals surface area contributed by atoms with Gasteiger partial charge in [-0.1, -0.05) is 42.5 Å². The van der Waals surface area contributed by atoms with Crippen LogP contribution in [0.2, 0.25) is 10.0 Å². The Morgan fingerprint density at radius 1 is 1.21 bits per heavy atom. The largest absolute Gasteiger partial charge is 0.449 e. The van der Waals surface area contributed by atoms with E-state index in [1.165, 1.54) is 32.1 Å². The van der Waals surface area contributed by atoms with Crippen LogP contribution in [0.1, 0.15) is 38.5 Å². The van der Waals surface area contributed by atoms with Crippen LogP contribution in [0, 0.1) is 5.92 Å². The monoisotopic (exact) mass is 372 g/mol. The molecule has 1 fully saturated rings. The molecular formula is C18H26Cl2N2O2. The summed E-state index contributed by atoms with van der Waals surface area (Å²) in [5.74, 6) is 0.584. The number of nitrogens with zero attached hydrogens (tertiary/aromatic N) is 1. The van der Waals surface area contributed by atoms with E-state index < -0.39 is 6.09 Å². The third kappa shape index (κ3) is 5.83. The molecule has 1 N–H and O–H groups in total. The quantitative estimate of drug-likeness (QED) is 0.699. The third-order valence-electron chi connectivity index (χ3n) is 4.67. The molecule has 1 aromatic carbocycles. The van der Waals surface area contributed by atoms with Crippen LogP contribution in [0.5, 0.6) is 0 Å². The second-order valence-electron chi connectivity index (χ2n) is 6.61. The van der Waals surface area contributed by atoms with Crippen LogP contribution in [0.4, 0.5) is 10.5 Å². The summed E-state index contributed by atoms with van der Waals surface area (Å²) in [6, 6.07) is 5.53. The smallest absolute Gasteiger partial charge is 0.411 e. The van der Waals surface area contributed by atoms with Crippen molar-refractivity contribution >= 4 is 35.0 Å². The number of halogens is 2.